The van der Waals surface area contributed by atoms with Crippen LogP contribution in [0.5, 0.6) is 0 Å². The van der Waals surface area contributed by atoms with Gasteiger partial charge in [-0.3, -0.25) is 0 Å². The quantitative estimate of drug-likeness (QED) is 0.836. The van der Waals surface area contributed by atoms with Crippen LogP contribution in [0.1, 0.15) is 22.9 Å². The molecule has 1 aromatic carbocycles. The van der Waals surface area contributed by atoms with Crippen molar-refractivity contribution in [2.24, 2.45) is 0 Å². The fraction of sp³-hybridized carbons (Fsp3) is 0.375. The fourth-order valence-electron chi connectivity index (χ4n) is 2.34. The van der Waals surface area contributed by atoms with E-state index in [0.29, 0.717) is 5.56 Å². The first-order valence-electron chi connectivity index (χ1n) is 6.94. The van der Waals surface area contributed by atoms with Gasteiger partial charge < -0.3 is 10.2 Å². The average Bonchev–Trinajstić information content (AvgIpc) is 2.96. The number of benzene rings is 1. The lowest BCUT2D eigenvalue weighted by atomic mass is 10.0. The lowest BCUT2D eigenvalue weighted by Crippen LogP contribution is -2.25. The van der Waals surface area contributed by atoms with Gasteiger partial charge in [-0.25, -0.2) is 8.78 Å². The second-order valence-corrected chi connectivity index (χ2v) is 6.12. The van der Waals surface area contributed by atoms with Gasteiger partial charge in [0.25, 0.3) is 0 Å². The van der Waals surface area contributed by atoms with Gasteiger partial charge >= 0.3 is 0 Å². The van der Waals surface area contributed by atoms with Crippen molar-refractivity contribution in [2.75, 3.05) is 20.6 Å². The summed E-state index contributed by atoms with van der Waals surface area (Å²) >= 11 is 1.73. The minimum Gasteiger partial charge on any atom is -0.313 e. The Kier molecular flexibility index (Phi) is 5.85. The van der Waals surface area contributed by atoms with Crippen LogP contribution >= 0.6 is 11.3 Å². The van der Waals surface area contributed by atoms with E-state index in [9.17, 15) is 8.78 Å². The molecule has 21 heavy (non-hydrogen) atoms. The molecule has 1 atom stereocenters. The van der Waals surface area contributed by atoms with E-state index in [-0.39, 0.29) is 6.04 Å². The van der Waals surface area contributed by atoms with E-state index >= 15 is 0 Å². The Labute approximate surface area is 128 Å². The van der Waals surface area contributed by atoms with Gasteiger partial charge in [0.2, 0.25) is 0 Å². The summed E-state index contributed by atoms with van der Waals surface area (Å²) in [5.74, 6) is -1.54. The maximum absolute atomic E-state index is 13.8. The van der Waals surface area contributed by atoms with Gasteiger partial charge in [-0.2, -0.15) is 0 Å². The predicted octanol–water partition coefficient (Wildman–Crippen LogP) is 3.81. The molecule has 2 nitrogen and oxygen atoms in total. The van der Waals surface area contributed by atoms with Gasteiger partial charge in [-0.15, -0.1) is 11.3 Å². The Balaban J connectivity index is 1.94. The normalized spacial score (nSPS) is 12.8. The molecule has 114 valence electrons. The molecule has 0 aliphatic rings. The minimum atomic E-state index is -0.792. The van der Waals surface area contributed by atoms with Crippen LogP contribution < -0.4 is 5.32 Å². The number of rotatable bonds is 7. The summed E-state index contributed by atoms with van der Waals surface area (Å²) in [5, 5.41) is 5.13. The van der Waals surface area contributed by atoms with Crippen molar-refractivity contribution in [1.29, 1.82) is 0 Å². The SMILES string of the molecule is CNC(CCN(C)Cc1cccs1)c1cccc(F)c1F. The lowest BCUT2D eigenvalue weighted by Gasteiger charge is -2.22. The number of halogens is 2. The van der Waals surface area contributed by atoms with E-state index in [1.54, 1.807) is 30.5 Å². The smallest absolute Gasteiger partial charge is 0.163 e. The van der Waals surface area contributed by atoms with Gasteiger partial charge in [0.15, 0.2) is 11.6 Å². The summed E-state index contributed by atoms with van der Waals surface area (Å²) in [7, 11) is 3.81. The molecule has 1 heterocycles. The van der Waals surface area contributed by atoms with Crippen LogP contribution in [0.2, 0.25) is 0 Å². The number of thiophene rings is 1. The number of hydrogen-bond donors (Lipinski definition) is 1. The van der Waals surface area contributed by atoms with Crippen LogP contribution in [0.25, 0.3) is 0 Å². The Morgan fingerprint density at radius 3 is 2.71 bits per heavy atom. The van der Waals surface area contributed by atoms with Crippen LogP contribution in [0.15, 0.2) is 35.7 Å². The molecule has 0 spiro atoms. The Morgan fingerprint density at radius 2 is 2.05 bits per heavy atom. The number of nitrogens with zero attached hydrogens (tertiary/aromatic N) is 1. The molecule has 0 fully saturated rings. The zero-order chi connectivity index (χ0) is 15.2. The zero-order valence-corrected chi connectivity index (χ0v) is 13.1. The highest BCUT2D eigenvalue weighted by Gasteiger charge is 2.17. The summed E-state index contributed by atoms with van der Waals surface area (Å²) in [4.78, 5) is 3.49. The molecule has 0 saturated heterocycles. The molecule has 0 saturated carbocycles. The van der Waals surface area contributed by atoms with E-state index < -0.39 is 11.6 Å². The molecule has 1 N–H and O–H groups in total. The van der Waals surface area contributed by atoms with Crippen molar-refractivity contribution in [3.63, 3.8) is 0 Å². The molecule has 0 aliphatic carbocycles. The van der Waals surface area contributed by atoms with Gasteiger partial charge in [0.05, 0.1) is 0 Å². The molecule has 0 aliphatic heterocycles. The maximum atomic E-state index is 13.8. The zero-order valence-electron chi connectivity index (χ0n) is 12.3. The third kappa shape index (κ3) is 4.33. The minimum absolute atomic E-state index is 0.188. The van der Waals surface area contributed by atoms with Crippen molar-refractivity contribution in [3.05, 3.63) is 57.8 Å². The third-order valence-electron chi connectivity index (χ3n) is 3.51. The van der Waals surface area contributed by atoms with Crippen LogP contribution in [0.3, 0.4) is 0 Å². The lowest BCUT2D eigenvalue weighted by molar-refractivity contribution is 0.304. The molecule has 5 heteroatoms. The van der Waals surface area contributed by atoms with Crippen LogP contribution in [-0.2, 0) is 6.54 Å². The van der Waals surface area contributed by atoms with Gasteiger partial charge in [-0.1, -0.05) is 18.2 Å². The predicted molar refractivity (Wildman–Crippen MR) is 83.4 cm³/mol. The topological polar surface area (TPSA) is 15.3 Å². The van der Waals surface area contributed by atoms with Crippen molar-refractivity contribution in [3.8, 4) is 0 Å². The molecule has 1 unspecified atom stereocenters. The standard InChI is InChI=1S/C16H20F2N2S/c1-19-15(13-6-3-7-14(17)16(13)18)8-9-20(2)11-12-5-4-10-21-12/h3-7,10,15,19H,8-9,11H2,1-2H3. The summed E-state index contributed by atoms with van der Waals surface area (Å²) in [6.45, 7) is 1.68. The molecule has 0 bridgehead atoms. The van der Waals surface area contributed by atoms with Gasteiger partial charge in [0, 0.05) is 29.6 Å². The summed E-state index contributed by atoms with van der Waals surface area (Å²) < 4.78 is 27.2. The van der Waals surface area contributed by atoms with E-state index in [2.05, 4.69) is 21.7 Å². The fourth-order valence-corrected chi connectivity index (χ4v) is 3.13. The van der Waals surface area contributed by atoms with Gasteiger partial charge in [-0.05, 0) is 38.0 Å². The molecule has 2 rings (SSSR count). The van der Waals surface area contributed by atoms with Crippen molar-refractivity contribution >= 4 is 11.3 Å². The molecular formula is C16H20F2N2S. The first-order valence-corrected chi connectivity index (χ1v) is 7.82. The molecular weight excluding hydrogens is 290 g/mol. The average molecular weight is 310 g/mol. The van der Waals surface area contributed by atoms with Crippen LogP contribution in [0.4, 0.5) is 8.78 Å². The molecule has 2 aromatic rings. The summed E-state index contributed by atoms with van der Waals surface area (Å²) in [6, 6.07) is 8.28. The van der Waals surface area contributed by atoms with Crippen molar-refractivity contribution < 1.29 is 8.78 Å². The first kappa shape index (κ1) is 16.1. The Morgan fingerprint density at radius 1 is 1.24 bits per heavy atom. The van der Waals surface area contributed by atoms with Crippen LogP contribution in [-0.4, -0.2) is 25.5 Å². The first-order chi connectivity index (χ1) is 10.1. The second kappa shape index (κ2) is 7.64. The van der Waals surface area contributed by atoms with E-state index in [0.717, 1.165) is 25.6 Å². The van der Waals surface area contributed by atoms with Crippen molar-refractivity contribution in [1.82, 2.24) is 10.2 Å². The molecule has 1 aromatic heterocycles. The summed E-state index contributed by atoms with van der Waals surface area (Å²) in [6.07, 6.45) is 0.721. The van der Waals surface area contributed by atoms with Gasteiger partial charge in [0.1, 0.15) is 0 Å². The second-order valence-electron chi connectivity index (χ2n) is 5.09. The molecule has 0 radical (unpaired) electrons. The monoisotopic (exact) mass is 310 g/mol. The third-order valence-corrected chi connectivity index (χ3v) is 4.37. The van der Waals surface area contributed by atoms with E-state index in [1.807, 2.05) is 13.1 Å². The number of hydrogen-bond acceptors (Lipinski definition) is 3. The highest BCUT2D eigenvalue weighted by Crippen LogP contribution is 2.22. The molecule has 0 amide bonds. The highest BCUT2D eigenvalue weighted by atomic mass is 32.1. The van der Waals surface area contributed by atoms with Crippen LogP contribution in [0, 0.1) is 11.6 Å². The Hall–Kier alpha value is -1.30. The van der Waals surface area contributed by atoms with Crippen molar-refractivity contribution in [2.45, 2.75) is 19.0 Å². The maximum Gasteiger partial charge on any atom is 0.163 e. The van der Waals surface area contributed by atoms with E-state index in [4.69, 9.17) is 0 Å². The largest absolute Gasteiger partial charge is 0.313 e. The highest BCUT2D eigenvalue weighted by molar-refractivity contribution is 7.09. The Bertz CT molecular complexity index is 557. The number of nitrogens with one attached hydrogen (secondary N) is 1. The van der Waals surface area contributed by atoms with E-state index in [1.165, 1.54) is 4.88 Å². The summed E-state index contributed by atoms with van der Waals surface area (Å²) in [5.41, 5.74) is 0.391.